The van der Waals surface area contributed by atoms with Crippen molar-refractivity contribution in [1.29, 1.82) is 0 Å². The predicted octanol–water partition coefficient (Wildman–Crippen LogP) is 1.84. The first-order chi connectivity index (χ1) is 14.3. The van der Waals surface area contributed by atoms with Crippen molar-refractivity contribution in [2.45, 2.75) is 12.5 Å². The molecule has 1 aliphatic rings. The van der Waals surface area contributed by atoms with Crippen molar-refractivity contribution in [3.63, 3.8) is 0 Å². The third-order valence-corrected chi connectivity index (χ3v) is 4.63. The first-order valence-corrected chi connectivity index (χ1v) is 9.16. The second kappa shape index (κ2) is 7.19. The SMILES string of the molecule is O=C(N[C@@H]1COc2cccnc2-n2ccnc21)c1nnc(Cc2ccccc2)[nH]1. The summed E-state index contributed by atoms with van der Waals surface area (Å²) in [6.45, 7) is 0.229. The second-order valence-electron chi connectivity index (χ2n) is 6.60. The minimum absolute atomic E-state index is 0.147. The zero-order valence-corrected chi connectivity index (χ0v) is 15.3. The summed E-state index contributed by atoms with van der Waals surface area (Å²) in [5.41, 5.74) is 1.08. The number of benzene rings is 1. The van der Waals surface area contributed by atoms with Crippen molar-refractivity contribution in [2.24, 2.45) is 0 Å². The molecule has 2 N–H and O–H groups in total. The Labute approximate surface area is 165 Å². The Kier molecular flexibility index (Phi) is 4.24. The fourth-order valence-corrected chi connectivity index (χ4v) is 3.28. The van der Waals surface area contributed by atoms with Crippen molar-refractivity contribution >= 4 is 5.91 Å². The van der Waals surface area contributed by atoms with Gasteiger partial charge in [0.1, 0.15) is 24.3 Å². The maximum absolute atomic E-state index is 12.7. The molecule has 0 saturated heterocycles. The van der Waals surface area contributed by atoms with Gasteiger partial charge in [-0.1, -0.05) is 30.3 Å². The molecule has 0 aliphatic carbocycles. The topological polar surface area (TPSA) is 111 Å². The fourth-order valence-electron chi connectivity index (χ4n) is 3.28. The minimum Gasteiger partial charge on any atom is -0.487 e. The van der Waals surface area contributed by atoms with Crippen LogP contribution in [0.5, 0.6) is 5.75 Å². The van der Waals surface area contributed by atoms with Gasteiger partial charge in [0.05, 0.1) is 0 Å². The molecule has 0 fully saturated rings. The number of hydrogen-bond acceptors (Lipinski definition) is 6. The maximum atomic E-state index is 12.7. The molecular formula is C20H17N7O2. The third-order valence-electron chi connectivity index (χ3n) is 4.63. The van der Waals surface area contributed by atoms with Gasteiger partial charge in [-0.15, -0.1) is 10.2 Å². The highest BCUT2D eigenvalue weighted by Crippen LogP contribution is 2.28. The number of ether oxygens (including phenoxy) is 1. The Morgan fingerprint density at radius 1 is 1.14 bits per heavy atom. The number of rotatable bonds is 4. The largest absolute Gasteiger partial charge is 0.487 e. The van der Waals surface area contributed by atoms with Crippen LogP contribution in [-0.2, 0) is 6.42 Å². The normalized spacial score (nSPS) is 15.0. The molecule has 1 atom stereocenters. The lowest BCUT2D eigenvalue weighted by atomic mass is 10.1. The molecule has 1 amide bonds. The molecule has 5 rings (SSSR count). The smallest absolute Gasteiger partial charge is 0.289 e. The Hall–Kier alpha value is -4.01. The summed E-state index contributed by atoms with van der Waals surface area (Å²) in [7, 11) is 0. The first-order valence-electron chi connectivity index (χ1n) is 9.16. The molecule has 0 bridgehead atoms. The van der Waals surface area contributed by atoms with Crippen LogP contribution in [0.25, 0.3) is 5.82 Å². The molecule has 0 spiro atoms. The zero-order chi connectivity index (χ0) is 19.6. The van der Waals surface area contributed by atoms with Crippen LogP contribution in [0, 0.1) is 0 Å². The van der Waals surface area contributed by atoms with Crippen LogP contribution >= 0.6 is 0 Å². The average molecular weight is 387 g/mol. The molecule has 9 heteroatoms. The standard InChI is InChI=1S/C20H17N7O2/c28-20(17-24-16(25-26-17)11-13-5-2-1-3-6-13)23-14-12-29-15-7-4-8-21-19(15)27-10-9-22-18(14)27/h1-10,14H,11-12H2,(H,23,28)(H,24,25,26)/t14-/m1/s1. The van der Waals surface area contributed by atoms with Gasteiger partial charge in [-0.2, -0.15) is 0 Å². The highest BCUT2D eigenvalue weighted by atomic mass is 16.5. The van der Waals surface area contributed by atoms with E-state index < -0.39 is 6.04 Å². The van der Waals surface area contributed by atoms with Crippen LogP contribution in [0.1, 0.15) is 33.9 Å². The quantitative estimate of drug-likeness (QED) is 0.553. The summed E-state index contributed by atoms with van der Waals surface area (Å²) in [5.74, 6) is 2.30. The molecule has 0 unspecified atom stereocenters. The summed E-state index contributed by atoms with van der Waals surface area (Å²) in [5, 5.41) is 11.0. The number of hydrogen-bond donors (Lipinski definition) is 2. The van der Waals surface area contributed by atoms with Crippen molar-refractivity contribution in [2.75, 3.05) is 6.61 Å². The number of nitrogens with one attached hydrogen (secondary N) is 2. The monoisotopic (exact) mass is 387 g/mol. The number of fused-ring (bicyclic) bond motifs is 3. The third kappa shape index (κ3) is 3.33. The van der Waals surface area contributed by atoms with E-state index in [9.17, 15) is 4.79 Å². The van der Waals surface area contributed by atoms with E-state index in [0.29, 0.717) is 29.6 Å². The van der Waals surface area contributed by atoms with Crippen LogP contribution in [0.2, 0.25) is 0 Å². The average Bonchev–Trinajstić information content (AvgIpc) is 3.39. The summed E-state index contributed by atoms with van der Waals surface area (Å²) >= 11 is 0. The minimum atomic E-state index is -0.464. The molecule has 9 nitrogen and oxygen atoms in total. The van der Waals surface area contributed by atoms with E-state index in [2.05, 4.69) is 30.5 Å². The van der Waals surface area contributed by atoms with Gasteiger partial charge >= 0.3 is 0 Å². The number of carbonyl (C=O) groups excluding carboxylic acids is 1. The summed E-state index contributed by atoms with van der Waals surface area (Å²) in [6.07, 6.45) is 5.72. The Morgan fingerprint density at radius 2 is 2.03 bits per heavy atom. The van der Waals surface area contributed by atoms with Crippen LogP contribution in [0.15, 0.2) is 61.1 Å². The maximum Gasteiger partial charge on any atom is 0.289 e. The van der Waals surface area contributed by atoms with Crippen molar-refractivity contribution < 1.29 is 9.53 Å². The van der Waals surface area contributed by atoms with Gasteiger partial charge < -0.3 is 15.0 Å². The zero-order valence-electron chi connectivity index (χ0n) is 15.3. The van der Waals surface area contributed by atoms with E-state index in [1.165, 1.54) is 0 Å². The molecule has 0 saturated carbocycles. The molecule has 1 aliphatic heterocycles. The van der Waals surface area contributed by atoms with E-state index in [1.54, 1.807) is 24.7 Å². The number of carbonyl (C=O) groups is 1. The lowest BCUT2D eigenvalue weighted by Crippen LogP contribution is -2.33. The van der Waals surface area contributed by atoms with E-state index in [4.69, 9.17) is 4.74 Å². The van der Waals surface area contributed by atoms with Crippen molar-refractivity contribution in [1.82, 2.24) is 35.0 Å². The predicted molar refractivity (Wildman–Crippen MR) is 103 cm³/mol. The number of aromatic nitrogens is 6. The fraction of sp³-hybridized carbons (Fsp3) is 0.150. The highest BCUT2D eigenvalue weighted by Gasteiger charge is 2.27. The number of pyridine rings is 1. The summed E-state index contributed by atoms with van der Waals surface area (Å²) in [4.78, 5) is 24.5. The van der Waals surface area contributed by atoms with Gasteiger partial charge in [0, 0.05) is 25.0 Å². The number of imidazole rings is 1. The van der Waals surface area contributed by atoms with Crippen LogP contribution in [-0.4, -0.2) is 42.2 Å². The Bertz CT molecular complexity index is 1150. The van der Waals surface area contributed by atoms with E-state index in [1.807, 2.05) is 41.0 Å². The van der Waals surface area contributed by atoms with Crippen molar-refractivity contribution in [3.8, 4) is 11.6 Å². The Balaban J connectivity index is 1.34. The van der Waals surface area contributed by atoms with Crippen LogP contribution in [0.4, 0.5) is 0 Å². The van der Waals surface area contributed by atoms with Crippen LogP contribution < -0.4 is 10.1 Å². The number of nitrogens with zero attached hydrogens (tertiary/aromatic N) is 5. The molecule has 29 heavy (non-hydrogen) atoms. The van der Waals surface area contributed by atoms with Gasteiger partial charge in [0.2, 0.25) is 5.82 Å². The summed E-state index contributed by atoms with van der Waals surface area (Å²) in [6, 6.07) is 13.0. The van der Waals surface area contributed by atoms with E-state index >= 15 is 0 Å². The molecule has 3 aromatic heterocycles. The van der Waals surface area contributed by atoms with Crippen LogP contribution in [0.3, 0.4) is 0 Å². The Morgan fingerprint density at radius 3 is 2.93 bits per heavy atom. The molecular weight excluding hydrogens is 370 g/mol. The van der Waals surface area contributed by atoms with E-state index in [0.717, 1.165) is 5.56 Å². The number of amides is 1. The van der Waals surface area contributed by atoms with Gasteiger partial charge in [-0.3, -0.25) is 9.36 Å². The lowest BCUT2D eigenvalue weighted by molar-refractivity contribution is 0.0909. The first kappa shape index (κ1) is 17.1. The number of aromatic amines is 1. The van der Waals surface area contributed by atoms with Crippen molar-refractivity contribution in [3.05, 3.63) is 84.1 Å². The number of H-pyrrole nitrogens is 1. The van der Waals surface area contributed by atoms with Gasteiger partial charge in [-0.25, -0.2) is 9.97 Å². The van der Waals surface area contributed by atoms with E-state index in [-0.39, 0.29) is 18.3 Å². The highest BCUT2D eigenvalue weighted by molar-refractivity contribution is 5.90. The van der Waals surface area contributed by atoms with Gasteiger partial charge in [-0.05, 0) is 17.7 Å². The summed E-state index contributed by atoms with van der Waals surface area (Å²) < 4.78 is 7.65. The molecule has 0 radical (unpaired) electrons. The van der Waals surface area contributed by atoms with Gasteiger partial charge in [0.25, 0.3) is 5.91 Å². The molecule has 144 valence electrons. The lowest BCUT2D eigenvalue weighted by Gasteiger charge is -2.15. The molecule has 4 heterocycles. The second-order valence-corrected chi connectivity index (χ2v) is 6.60. The molecule has 1 aromatic carbocycles. The molecule has 4 aromatic rings. The van der Waals surface area contributed by atoms with Gasteiger partial charge in [0.15, 0.2) is 11.6 Å².